The molecule has 2 amide bonds. The number of nitriles is 1. The predicted octanol–water partition coefficient (Wildman–Crippen LogP) is 1.10. The zero-order valence-electron chi connectivity index (χ0n) is 19.5. The summed E-state index contributed by atoms with van der Waals surface area (Å²) in [6, 6.07) is 10.1. The molecule has 3 heterocycles. The highest BCUT2D eigenvalue weighted by Gasteiger charge is 2.44. The summed E-state index contributed by atoms with van der Waals surface area (Å²) in [5, 5.41) is 20.1. The van der Waals surface area contributed by atoms with Crippen molar-refractivity contribution >= 4 is 17.5 Å². The number of halogens is 1. The third kappa shape index (κ3) is 4.17. The van der Waals surface area contributed by atoms with Gasteiger partial charge in [-0.3, -0.25) is 15.0 Å². The molecular formula is C25H27FN6O3. The van der Waals surface area contributed by atoms with Crippen LogP contribution in [0.25, 0.3) is 0 Å². The first-order chi connectivity index (χ1) is 16.8. The Balaban J connectivity index is 1.41. The van der Waals surface area contributed by atoms with Crippen LogP contribution in [0.1, 0.15) is 47.2 Å². The molecule has 2 aromatic rings. The topological polar surface area (TPSA) is 121 Å². The number of amides is 2. The number of anilines is 1. The van der Waals surface area contributed by atoms with E-state index in [-0.39, 0.29) is 47.6 Å². The van der Waals surface area contributed by atoms with Crippen LogP contribution in [0.4, 0.5) is 10.1 Å². The van der Waals surface area contributed by atoms with E-state index in [9.17, 15) is 19.1 Å². The summed E-state index contributed by atoms with van der Waals surface area (Å²) < 4.78 is 14.9. The van der Waals surface area contributed by atoms with Gasteiger partial charge < -0.3 is 10.0 Å². The van der Waals surface area contributed by atoms with Gasteiger partial charge in [0.2, 0.25) is 5.91 Å². The van der Waals surface area contributed by atoms with Gasteiger partial charge in [-0.1, -0.05) is 18.2 Å². The lowest BCUT2D eigenvalue weighted by atomic mass is 9.89. The van der Waals surface area contributed by atoms with Crippen LogP contribution in [0.2, 0.25) is 0 Å². The summed E-state index contributed by atoms with van der Waals surface area (Å²) >= 11 is 0. The zero-order valence-corrected chi connectivity index (χ0v) is 19.5. The van der Waals surface area contributed by atoms with Crippen molar-refractivity contribution in [2.24, 2.45) is 0 Å². The van der Waals surface area contributed by atoms with E-state index in [1.807, 2.05) is 12.1 Å². The monoisotopic (exact) mass is 478 g/mol. The number of rotatable bonds is 3. The molecule has 5 rings (SSSR count). The van der Waals surface area contributed by atoms with Gasteiger partial charge >= 0.3 is 0 Å². The van der Waals surface area contributed by atoms with Gasteiger partial charge in [-0.25, -0.2) is 20.3 Å². The summed E-state index contributed by atoms with van der Waals surface area (Å²) in [6.45, 7) is 4.14. The van der Waals surface area contributed by atoms with Crippen LogP contribution in [-0.2, 0) is 22.6 Å². The molecular weight excluding hydrogens is 451 g/mol. The minimum absolute atomic E-state index is 0.121. The predicted molar refractivity (Wildman–Crippen MR) is 125 cm³/mol. The fraction of sp³-hybridized carbons (Fsp3) is 0.400. The lowest BCUT2D eigenvalue weighted by molar-refractivity contribution is -0.140. The molecule has 3 aliphatic heterocycles. The molecule has 3 aliphatic rings. The van der Waals surface area contributed by atoms with Crippen LogP contribution in [0.3, 0.4) is 0 Å². The van der Waals surface area contributed by atoms with Gasteiger partial charge in [0.25, 0.3) is 5.91 Å². The first-order valence-electron chi connectivity index (χ1n) is 11.7. The molecule has 2 fully saturated rings. The molecule has 0 bridgehead atoms. The van der Waals surface area contributed by atoms with Crippen molar-refractivity contribution in [3.8, 4) is 6.07 Å². The molecule has 0 aromatic heterocycles. The molecule has 182 valence electrons. The van der Waals surface area contributed by atoms with E-state index in [2.05, 4.69) is 28.4 Å². The lowest BCUT2D eigenvalue weighted by Gasteiger charge is -2.38. The van der Waals surface area contributed by atoms with Crippen LogP contribution in [0, 0.1) is 24.1 Å². The van der Waals surface area contributed by atoms with E-state index in [1.54, 1.807) is 17.9 Å². The second-order valence-electron chi connectivity index (χ2n) is 9.41. The second-order valence-corrected chi connectivity index (χ2v) is 9.41. The SMILES string of the molecule is Cc1cc(C#N)cc(F)c1N1NC2C(CC1=O)NNC2c1ccc2c(c1)CN(C(=O)C(C)O)CC2. The van der Waals surface area contributed by atoms with E-state index in [0.717, 1.165) is 22.8 Å². The number of nitrogens with zero attached hydrogens (tertiary/aromatic N) is 3. The van der Waals surface area contributed by atoms with Crippen molar-refractivity contribution in [2.75, 3.05) is 11.6 Å². The molecule has 4 atom stereocenters. The highest BCUT2D eigenvalue weighted by atomic mass is 19.1. The number of carbonyl (C=O) groups is 2. The maximum atomic E-state index is 14.9. The highest BCUT2D eigenvalue weighted by molar-refractivity contribution is 5.95. The smallest absolute Gasteiger partial charge is 0.251 e. The largest absolute Gasteiger partial charge is 0.384 e. The van der Waals surface area contributed by atoms with Gasteiger partial charge in [-0.05, 0) is 54.7 Å². The van der Waals surface area contributed by atoms with E-state index in [4.69, 9.17) is 5.26 Å². The summed E-state index contributed by atoms with van der Waals surface area (Å²) in [4.78, 5) is 26.8. The lowest BCUT2D eigenvalue weighted by Crippen LogP contribution is -2.60. The minimum atomic E-state index is -1.04. The number of hydrogen-bond acceptors (Lipinski definition) is 7. The van der Waals surface area contributed by atoms with Gasteiger partial charge in [-0.2, -0.15) is 5.26 Å². The third-order valence-electron chi connectivity index (χ3n) is 7.02. The van der Waals surface area contributed by atoms with Crippen molar-refractivity contribution in [3.63, 3.8) is 0 Å². The van der Waals surface area contributed by atoms with E-state index in [1.165, 1.54) is 11.9 Å². The zero-order chi connectivity index (χ0) is 24.9. The van der Waals surface area contributed by atoms with Crippen molar-refractivity contribution < 1.29 is 19.1 Å². The number of benzene rings is 2. The van der Waals surface area contributed by atoms with E-state index in [0.29, 0.717) is 25.1 Å². The van der Waals surface area contributed by atoms with Crippen LogP contribution in [0.15, 0.2) is 30.3 Å². The molecule has 9 nitrogen and oxygen atoms in total. The third-order valence-corrected chi connectivity index (χ3v) is 7.02. The quantitative estimate of drug-likeness (QED) is 0.521. The number of carbonyl (C=O) groups excluding carboxylic acids is 2. The Kier molecular flexibility index (Phi) is 6.02. The fourth-order valence-electron chi connectivity index (χ4n) is 5.24. The van der Waals surface area contributed by atoms with Crippen molar-refractivity contribution in [1.82, 2.24) is 21.2 Å². The second kappa shape index (κ2) is 9.02. The number of aliphatic hydroxyl groups is 1. The molecule has 4 unspecified atom stereocenters. The maximum Gasteiger partial charge on any atom is 0.251 e. The van der Waals surface area contributed by atoms with Gasteiger partial charge in [0.15, 0.2) is 0 Å². The number of aliphatic hydroxyl groups excluding tert-OH is 1. The standard InChI is InChI=1S/C25H27FN6O3/c1-13-7-15(11-27)8-19(26)24(13)32-21(34)10-20-23(30-32)22(29-28-20)17-4-3-16-5-6-31(12-18(16)9-17)25(35)14(2)33/h3-4,7-9,14,20,22-23,28-30,33H,5-6,10,12H2,1-2H3. The van der Waals surface area contributed by atoms with E-state index >= 15 is 0 Å². The van der Waals surface area contributed by atoms with Gasteiger partial charge in [0.1, 0.15) is 11.9 Å². The first-order valence-corrected chi connectivity index (χ1v) is 11.7. The molecule has 0 aliphatic carbocycles. The highest BCUT2D eigenvalue weighted by Crippen LogP contribution is 2.33. The average molecular weight is 479 g/mol. The Bertz CT molecular complexity index is 1220. The number of fused-ring (bicyclic) bond motifs is 2. The minimum Gasteiger partial charge on any atom is -0.384 e. The Morgan fingerprint density at radius 2 is 2.06 bits per heavy atom. The number of hydrogen-bond donors (Lipinski definition) is 4. The van der Waals surface area contributed by atoms with Crippen molar-refractivity contribution in [2.45, 2.75) is 57.5 Å². The Hall–Kier alpha value is -3.36. The van der Waals surface area contributed by atoms with Crippen LogP contribution in [-0.4, -0.2) is 46.6 Å². The van der Waals surface area contributed by atoms with Gasteiger partial charge in [0, 0.05) is 25.6 Å². The van der Waals surface area contributed by atoms with Gasteiger partial charge in [-0.15, -0.1) is 0 Å². The molecule has 0 spiro atoms. The van der Waals surface area contributed by atoms with E-state index < -0.39 is 11.9 Å². The van der Waals surface area contributed by atoms with Crippen molar-refractivity contribution in [1.29, 1.82) is 5.26 Å². The molecule has 10 heteroatoms. The average Bonchev–Trinajstić information content (AvgIpc) is 3.24. The molecule has 2 aromatic carbocycles. The Labute approximate surface area is 202 Å². The molecule has 35 heavy (non-hydrogen) atoms. The summed E-state index contributed by atoms with van der Waals surface area (Å²) in [5.41, 5.74) is 13.6. The number of hydrazine groups is 2. The Morgan fingerprint density at radius 1 is 1.26 bits per heavy atom. The molecule has 0 radical (unpaired) electrons. The molecule has 4 N–H and O–H groups in total. The summed E-state index contributed by atoms with van der Waals surface area (Å²) in [7, 11) is 0. The fourth-order valence-corrected chi connectivity index (χ4v) is 5.24. The van der Waals surface area contributed by atoms with Crippen molar-refractivity contribution in [3.05, 3.63) is 64.0 Å². The van der Waals surface area contributed by atoms with Crippen LogP contribution in [0.5, 0.6) is 0 Å². The summed E-state index contributed by atoms with van der Waals surface area (Å²) in [6.07, 6.45) is -0.155. The van der Waals surface area contributed by atoms with Crippen LogP contribution >= 0.6 is 0 Å². The number of aryl methyl sites for hydroxylation is 1. The maximum absolute atomic E-state index is 14.9. The van der Waals surface area contributed by atoms with Gasteiger partial charge in [0.05, 0.1) is 29.4 Å². The van der Waals surface area contributed by atoms with Crippen LogP contribution < -0.4 is 21.3 Å². The molecule has 2 saturated heterocycles. The Morgan fingerprint density at radius 3 is 2.77 bits per heavy atom. The molecule has 0 saturated carbocycles. The normalized spacial score (nSPS) is 24.5. The number of nitrogens with one attached hydrogen (secondary N) is 3. The summed E-state index contributed by atoms with van der Waals surface area (Å²) in [5.74, 6) is -1.19. The first kappa shape index (κ1) is 23.4.